The molecule has 0 saturated carbocycles. The molecule has 32 heavy (non-hydrogen) atoms. The smallest absolute Gasteiger partial charge is 0.318 e. The van der Waals surface area contributed by atoms with Crippen LogP contribution in [-0.2, 0) is 28.0 Å². The van der Waals surface area contributed by atoms with Gasteiger partial charge in [0.1, 0.15) is 18.6 Å². The molecular formula is C22H25N3O6S. The second-order valence-corrected chi connectivity index (χ2v) is 9.35. The summed E-state index contributed by atoms with van der Waals surface area (Å²) in [4.78, 5) is 15.5. The number of carbonyl (C=O) groups is 1. The molecule has 0 bridgehead atoms. The number of nitrogens with zero attached hydrogens (tertiary/aromatic N) is 3. The number of carboxylic acid groups (broad SMARTS) is 1. The van der Waals surface area contributed by atoms with Gasteiger partial charge in [-0.05, 0) is 29.8 Å². The van der Waals surface area contributed by atoms with Crippen LogP contribution >= 0.6 is 0 Å². The minimum Gasteiger partial charge on any atom is -0.493 e. The number of benzene rings is 2. The van der Waals surface area contributed by atoms with Gasteiger partial charge in [-0.3, -0.25) is 4.79 Å². The summed E-state index contributed by atoms with van der Waals surface area (Å²) in [7, 11) is -1.15. The second kappa shape index (κ2) is 10.4. The summed E-state index contributed by atoms with van der Waals surface area (Å²) in [6.45, 7) is -0.296. The summed E-state index contributed by atoms with van der Waals surface area (Å²) in [5, 5.41) is 9.05. The fourth-order valence-corrected chi connectivity index (χ4v) is 3.95. The lowest BCUT2D eigenvalue weighted by Crippen LogP contribution is -2.42. The average Bonchev–Trinajstić information content (AvgIpc) is 3.23. The van der Waals surface area contributed by atoms with Crippen LogP contribution in [0.4, 0.5) is 0 Å². The second-order valence-electron chi connectivity index (χ2n) is 7.20. The van der Waals surface area contributed by atoms with Gasteiger partial charge in [0.15, 0.2) is 0 Å². The maximum Gasteiger partial charge on any atom is 0.318 e. The first-order chi connectivity index (χ1) is 15.3. The molecule has 170 valence electrons. The zero-order valence-electron chi connectivity index (χ0n) is 17.8. The minimum atomic E-state index is -3.87. The molecule has 0 radical (unpaired) electrons. The van der Waals surface area contributed by atoms with E-state index in [1.807, 2.05) is 30.3 Å². The molecule has 0 spiro atoms. The molecule has 0 aliphatic carbocycles. The molecule has 1 aromatic heterocycles. The van der Waals surface area contributed by atoms with Crippen molar-refractivity contribution in [2.75, 3.05) is 27.2 Å². The van der Waals surface area contributed by atoms with Crippen molar-refractivity contribution in [3.8, 4) is 17.2 Å². The Kier molecular flexibility index (Phi) is 7.62. The van der Waals surface area contributed by atoms with Crippen LogP contribution in [0.2, 0.25) is 0 Å². The molecule has 1 N–H and O–H groups in total. The van der Waals surface area contributed by atoms with Crippen molar-refractivity contribution >= 4 is 16.2 Å². The van der Waals surface area contributed by atoms with E-state index < -0.39 is 22.7 Å². The van der Waals surface area contributed by atoms with E-state index in [1.54, 1.807) is 30.5 Å². The summed E-state index contributed by atoms with van der Waals surface area (Å²) < 4.78 is 37.9. The molecule has 2 aromatic carbocycles. The van der Waals surface area contributed by atoms with Gasteiger partial charge in [0.25, 0.3) is 10.2 Å². The van der Waals surface area contributed by atoms with E-state index in [-0.39, 0.29) is 6.54 Å². The molecule has 0 aliphatic rings. The Morgan fingerprint density at radius 2 is 1.78 bits per heavy atom. The average molecular weight is 460 g/mol. The van der Waals surface area contributed by atoms with Gasteiger partial charge in [-0.1, -0.05) is 30.3 Å². The van der Waals surface area contributed by atoms with Gasteiger partial charge < -0.3 is 14.3 Å². The molecule has 3 rings (SSSR count). The number of rotatable bonds is 11. The minimum absolute atomic E-state index is 0.0612. The molecule has 1 heterocycles. The van der Waals surface area contributed by atoms with Crippen LogP contribution < -0.4 is 4.74 Å². The fraction of sp³-hybridized carbons (Fsp3) is 0.273. The number of aromatic nitrogens is 1. The molecule has 0 unspecified atom stereocenters. The molecule has 9 nitrogen and oxygen atoms in total. The number of oxazole rings is 1. The SMILES string of the molecule is CN(C)S(=O)(=O)N(CC(=O)O)Cc1ccc(OCCc2coc(-c3ccccc3)n2)cc1. The molecule has 0 amide bonds. The largest absolute Gasteiger partial charge is 0.493 e. The van der Waals surface area contributed by atoms with Crippen molar-refractivity contribution in [1.29, 1.82) is 0 Å². The maximum absolute atomic E-state index is 12.4. The van der Waals surface area contributed by atoms with Crippen molar-refractivity contribution in [3.63, 3.8) is 0 Å². The van der Waals surface area contributed by atoms with E-state index in [0.29, 0.717) is 30.2 Å². The number of hydrogen-bond acceptors (Lipinski definition) is 6. The molecule has 0 saturated heterocycles. The Morgan fingerprint density at radius 1 is 1.09 bits per heavy atom. The zero-order chi connectivity index (χ0) is 23.1. The number of ether oxygens (including phenoxy) is 1. The predicted octanol–water partition coefficient (Wildman–Crippen LogP) is 2.66. The van der Waals surface area contributed by atoms with E-state index in [0.717, 1.165) is 19.9 Å². The Balaban J connectivity index is 1.55. The van der Waals surface area contributed by atoms with Crippen LogP contribution in [-0.4, -0.2) is 60.3 Å². The molecule has 0 aliphatic heterocycles. The van der Waals surface area contributed by atoms with E-state index >= 15 is 0 Å². The number of aliphatic carboxylic acids is 1. The van der Waals surface area contributed by atoms with Gasteiger partial charge in [0.2, 0.25) is 5.89 Å². The van der Waals surface area contributed by atoms with Gasteiger partial charge >= 0.3 is 5.97 Å². The van der Waals surface area contributed by atoms with Crippen LogP contribution in [0.25, 0.3) is 11.5 Å². The zero-order valence-corrected chi connectivity index (χ0v) is 18.7. The highest BCUT2D eigenvalue weighted by molar-refractivity contribution is 7.86. The summed E-state index contributed by atoms with van der Waals surface area (Å²) in [5.74, 6) is -0.0528. The lowest BCUT2D eigenvalue weighted by molar-refractivity contribution is -0.137. The molecule has 0 fully saturated rings. The van der Waals surface area contributed by atoms with Gasteiger partial charge in [0.05, 0.1) is 12.3 Å². The van der Waals surface area contributed by atoms with Gasteiger partial charge in [-0.2, -0.15) is 17.0 Å². The third-order valence-electron chi connectivity index (χ3n) is 4.58. The first-order valence-electron chi connectivity index (χ1n) is 9.86. The van der Waals surface area contributed by atoms with Crippen LogP contribution in [0.5, 0.6) is 5.75 Å². The normalized spacial score (nSPS) is 11.8. The number of carboxylic acids is 1. The Bertz CT molecular complexity index is 1130. The molecular weight excluding hydrogens is 434 g/mol. The van der Waals surface area contributed by atoms with Crippen LogP contribution in [0, 0.1) is 0 Å². The summed E-state index contributed by atoms with van der Waals surface area (Å²) >= 11 is 0. The van der Waals surface area contributed by atoms with E-state index in [4.69, 9.17) is 14.3 Å². The van der Waals surface area contributed by atoms with Gasteiger partial charge in [0, 0.05) is 32.6 Å². The Morgan fingerprint density at radius 3 is 2.41 bits per heavy atom. The van der Waals surface area contributed by atoms with E-state index in [1.165, 1.54) is 14.1 Å². The fourth-order valence-electron chi connectivity index (χ4n) is 2.90. The van der Waals surface area contributed by atoms with Gasteiger partial charge in [-0.25, -0.2) is 4.98 Å². The van der Waals surface area contributed by atoms with E-state index in [2.05, 4.69) is 4.98 Å². The monoisotopic (exact) mass is 459 g/mol. The first kappa shape index (κ1) is 23.5. The highest BCUT2D eigenvalue weighted by Crippen LogP contribution is 2.19. The van der Waals surface area contributed by atoms with Crippen molar-refractivity contribution in [1.82, 2.24) is 13.6 Å². The first-order valence-corrected chi connectivity index (χ1v) is 11.3. The highest BCUT2D eigenvalue weighted by Gasteiger charge is 2.26. The van der Waals surface area contributed by atoms with E-state index in [9.17, 15) is 13.2 Å². The van der Waals surface area contributed by atoms with Gasteiger partial charge in [-0.15, -0.1) is 0 Å². The molecule has 10 heteroatoms. The lowest BCUT2D eigenvalue weighted by Gasteiger charge is -2.24. The quantitative estimate of drug-likeness (QED) is 0.469. The Hall–Kier alpha value is -3.21. The summed E-state index contributed by atoms with van der Waals surface area (Å²) in [6, 6.07) is 16.5. The van der Waals surface area contributed by atoms with Crippen molar-refractivity contribution in [2.45, 2.75) is 13.0 Å². The lowest BCUT2D eigenvalue weighted by atomic mass is 10.2. The van der Waals surface area contributed by atoms with Crippen molar-refractivity contribution in [3.05, 3.63) is 72.1 Å². The van der Waals surface area contributed by atoms with Crippen LogP contribution in [0.15, 0.2) is 65.3 Å². The molecule has 0 atom stereocenters. The number of hydrogen-bond donors (Lipinski definition) is 1. The Labute approximate surface area is 187 Å². The third kappa shape index (κ3) is 6.16. The molecule has 3 aromatic rings. The van der Waals surface area contributed by atoms with Crippen LogP contribution in [0.1, 0.15) is 11.3 Å². The van der Waals surface area contributed by atoms with Crippen LogP contribution in [0.3, 0.4) is 0 Å². The summed E-state index contributed by atoms with van der Waals surface area (Å²) in [5.41, 5.74) is 2.33. The predicted molar refractivity (Wildman–Crippen MR) is 118 cm³/mol. The highest BCUT2D eigenvalue weighted by atomic mass is 32.2. The maximum atomic E-state index is 12.4. The van der Waals surface area contributed by atoms with Crippen molar-refractivity contribution < 1.29 is 27.5 Å². The third-order valence-corrected chi connectivity index (χ3v) is 6.41. The summed E-state index contributed by atoms with van der Waals surface area (Å²) in [6.07, 6.45) is 2.17. The topological polar surface area (TPSA) is 113 Å². The standard InChI is InChI=1S/C22H25N3O6S/c1-24(2)32(28,29)25(15-21(26)27)14-17-8-10-20(11-9-17)30-13-12-19-16-31-22(23-19)18-6-4-3-5-7-18/h3-11,16H,12-15H2,1-2H3,(H,26,27). The van der Waals surface area contributed by atoms with Crippen molar-refractivity contribution in [2.24, 2.45) is 0 Å².